The summed E-state index contributed by atoms with van der Waals surface area (Å²) in [7, 11) is 1.85. The lowest BCUT2D eigenvalue weighted by Crippen LogP contribution is -2.53. The van der Waals surface area contributed by atoms with Gasteiger partial charge < -0.3 is 20.1 Å². The Labute approximate surface area is 189 Å². The van der Waals surface area contributed by atoms with Crippen LogP contribution >= 0.6 is 0 Å². The second-order valence-corrected chi connectivity index (χ2v) is 8.08. The van der Waals surface area contributed by atoms with Gasteiger partial charge in [-0.2, -0.15) is 10.2 Å². The Kier molecular flexibility index (Phi) is 5.08. The number of aromatic nitrogens is 6. The molecule has 4 aromatic rings. The second-order valence-electron chi connectivity index (χ2n) is 8.08. The summed E-state index contributed by atoms with van der Waals surface area (Å²) in [6.07, 6.45) is 5.10. The van der Waals surface area contributed by atoms with Crippen molar-refractivity contribution < 1.29 is 14.6 Å². The van der Waals surface area contributed by atoms with Crippen LogP contribution in [0.25, 0.3) is 16.8 Å². The molecule has 1 fully saturated rings. The molecule has 0 aromatic carbocycles. The molecule has 1 unspecified atom stereocenters. The number of carboxylic acid groups (broad SMARTS) is 1. The third kappa shape index (κ3) is 3.93. The van der Waals surface area contributed by atoms with Crippen LogP contribution in [0.4, 0.5) is 16.4 Å². The largest absolute Gasteiger partial charge is 0.487 e. The first-order chi connectivity index (χ1) is 15.9. The van der Waals surface area contributed by atoms with E-state index in [0.29, 0.717) is 30.5 Å². The molecule has 0 saturated carbocycles. The topological polar surface area (TPSA) is 123 Å². The maximum Gasteiger partial charge on any atom is 0.407 e. The van der Waals surface area contributed by atoms with Crippen molar-refractivity contribution in [3.05, 3.63) is 48.2 Å². The van der Waals surface area contributed by atoms with E-state index in [9.17, 15) is 9.90 Å². The molecule has 11 nitrogen and oxygen atoms in total. The van der Waals surface area contributed by atoms with Gasteiger partial charge in [0.25, 0.3) is 0 Å². The number of carbonyl (C=O) groups is 1. The number of pyridine rings is 1. The van der Waals surface area contributed by atoms with E-state index in [1.807, 2.05) is 45.3 Å². The molecular formula is C22H24N8O3. The van der Waals surface area contributed by atoms with Crippen LogP contribution in [0.15, 0.2) is 36.8 Å². The summed E-state index contributed by atoms with van der Waals surface area (Å²) in [5.74, 6) is 1.91. The number of amides is 1. The highest BCUT2D eigenvalue weighted by Crippen LogP contribution is 2.31. The lowest BCUT2D eigenvalue weighted by molar-refractivity contribution is 0.0501. The molecular weight excluding hydrogens is 424 g/mol. The minimum Gasteiger partial charge on any atom is -0.487 e. The van der Waals surface area contributed by atoms with E-state index < -0.39 is 6.09 Å². The minimum atomic E-state index is -0.913. The summed E-state index contributed by atoms with van der Waals surface area (Å²) in [5, 5.41) is 21.3. The predicted molar refractivity (Wildman–Crippen MR) is 121 cm³/mol. The van der Waals surface area contributed by atoms with Crippen molar-refractivity contribution in [2.24, 2.45) is 7.05 Å². The zero-order valence-corrected chi connectivity index (χ0v) is 18.6. The standard InChI is InChI=1S/C22H24N8O3/c1-13-14(2)25-20(11-23-13)26-19-9-17-8-15(4-7-30(17)27-19)21-18(10-24-28(21)3)33-12-16-5-6-29(16)22(31)32/h4,7-11,16H,5-6,12H2,1-3H3,(H,31,32)(H,25,26,27). The number of hydrogen-bond acceptors (Lipinski definition) is 7. The fourth-order valence-corrected chi connectivity index (χ4v) is 3.84. The zero-order chi connectivity index (χ0) is 23.1. The number of hydrogen-bond donors (Lipinski definition) is 2. The lowest BCUT2D eigenvalue weighted by Gasteiger charge is -2.38. The van der Waals surface area contributed by atoms with Crippen molar-refractivity contribution in [1.29, 1.82) is 0 Å². The number of ether oxygens (including phenoxy) is 1. The number of fused-ring (bicyclic) bond motifs is 1. The molecule has 5 rings (SSSR count). The molecule has 0 aliphatic carbocycles. The van der Waals surface area contributed by atoms with Gasteiger partial charge in [0, 0.05) is 31.4 Å². The summed E-state index contributed by atoms with van der Waals surface area (Å²) in [6.45, 7) is 4.68. The van der Waals surface area contributed by atoms with Crippen LogP contribution in [0, 0.1) is 13.8 Å². The number of nitrogens with zero attached hydrogens (tertiary/aromatic N) is 7. The number of aryl methyl sites for hydroxylation is 3. The SMILES string of the molecule is Cc1ncc(Nc2cc3cc(-c4c(OCC5CCN5C(=O)O)cnn4C)ccn3n2)nc1C. The molecule has 1 aliphatic heterocycles. The number of nitrogens with one attached hydrogen (secondary N) is 1. The molecule has 0 bridgehead atoms. The average molecular weight is 448 g/mol. The van der Waals surface area contributed by atoms with Gasteiger partial charge in [-0.3, -0.25) is 9.67 Å². The molecule has 1 amide bonds. The molecule has 170 valence electrons. The Balaban J connectivity index is 1.37. The predicted octanol–water partition coefficient (Wildman–Crippen LogP) is 3.02. The molecule has 1 saturated heterocycles. The second kappa shape index (κ2) is 8.08. The van der Waals surface area contributed by atoms with Gasteiger partial charge in [0.15, 0.2) is 11.6 Å². The molecule has 11 heteroatoms. The Morgan fingerprint density at radius 3 is 2.82 bits per heavy atom. The first-order valence-corrected chi connectivity index (χ1v) is 10.6. The monoisotopic (exact) mass is 448 g/mol. The van der Waals surface area contributed by atoms with Gasteiger partial charge in [-0.25, -0.2) is 14.3 Å². The van der Waals surface area contributed by atoms with Crippen LogP contribution in [-0.2, 0) is 7.05 Å². The van der Waals surface area contributed by atoms with E-state index in [4.69, 9.17) is 4.74 Å². The van der Waals surface area contributed by atoms with Crippen LogP contribution in [0.3, 0.4) is 0 Å². The van der Waals surface area contributed by atoms with E-state index in [1.165, 1.54) is 4.90 Å². The maximum absolute atomic E-state index is 11.2. The van der Waals surface area contributed by atoms with E-state index >= 15 is 0 Å². The molecule has 5 heterocycles. The smallest absolute Gasteiger partial charge is 0.407 e. The van der Waals surface area contributed by atoms with E-state index in [1.54, 1.807) is 21.6 Å². The van der Waals surface area contributed by atoms with Gasteiger partial charge in [0.2, 0.25) is 0 Å². The summed E-state index contributed by atoms with van der Waals surface area (Å²) >= 11 is 0. The van der Waals surface area contributed by atoms with Gasteiger partial charge >= 0.3 is 6.09 Å². The first-order valence-electron chi connectivity index (χ1n) is 10.6. The summed E-state index contributed by atoms with van der Waals surface area (Å²) < 4.78 is 9.50. The van der Waals surface area contributed by atoms with E-state index in [2.05, 4.69) is 25.5 Å². The normalized spacial score (nSPS) is 15.5. The van der Waals surface area contributed by atoms with Gasteiger partial charge in [0.1, 0.15) is 18.1 Å². The molecule has 0 radical (unpaired) electrons. The molecule has 1 aliphatic rings. The fourth-order valence-electron chi connectivity index (χ4n) is 3.84. The first kappa shape index (κ1) is 20.7. The van der Waals surface area contributed by atoms with Crippen LogP contribution in [-0.4, -0.2) is 64.7 Å². The summed E-state index contributed by atoms with van der Waals surface area (Å²) in [5.41, 5.74) is 4.37. The minimum absolute atomic E-state index is 0.130. The summed E-state index contributed by atoms with van der Waals surface area (Å²) in [4.78, 5) is 21.4. The van der Waals surface area contributed by atoms with Gasteiger partial charge in [-0.05, 0) is 32.4 Å². The van der Waals surface area contributed by atoms with Crippen molar-refractivity contribution in [1.82, 2.24) is 34.3 Å². The third-order valence-corrected chi connectivity index (χ3v) is 5.91. The number of anilines is 2. The third-order valence-electron chi connectivity index (χ3n) is 5.91. The van der Waals surface area contributed by atoms with Crippen LogP contribution in [0.2, 0.25) is 0 Å². The van der Waals surface area contributed by atoms with E-state index in [0.717, 1.165) is 34.6 Å². The van der Waals surface area contributed by atoms with Crippen molar-refractivity contribution in [3.8, 4) is 17.0 Å². The molecule has 2 N–H and O–H groups in total. The Hall–Kier alpha value is -4.15. The highest BCUT2D eigenvalue weighted by molar-refractivity contribution is 5.73. The molecule has 33 heavy (non-hydrogen) atoms. The van der Waals surface area contributed by atoms with Crippen LogP contribution < -0.4 is 10.1 Å². The van der Waals surface area contributed by atoms with Crippen molar-refractivity contribution in [2.75, 3.05) is 18.5 Å². The summed E-state index contributed by atoms with van der Waals surface area (Å²) in [6, 6.07) is 5.74. The highest BCUT2D eigenvalue weighted by Gasteiger charge is 2.32. The molecule has 0 spiro atoms. The molecule has 4 aromatic heterocycles. The Bertz CT molecular complexity index is 1340. The maximum atomic E-state index is 11.2. The Morgan fingerprint density at radius 1 is 1.24 bits per heavy atom. The number of rotatable bonds is 6. The van der Waals surface area contributed by atoms with Crippen molar-refractivity contribution in [2.45, 2.75) is 26.3 Å². The van der Waals surface area contributed by atoms with Crippen LogP contribution in [0.1, 0.15) is 17.8 Å². The zero-order valence-electron chi connectivity index (χ0n) is 18.6. The van der Waals surface area contributed by atoms with Crippen LogP contribution in [0.5, 0.6) is 5.75 Å². The number of likely N-dealkylation sites (tertiary alicyclic amines) is 1. The van der Waals surface area contributed by atoms with Crippen molar-refractivity contribution in [3.63, 3.8) is 0 Å². The Morgan fingerprint density at radius 2 is 2.09 bits per heavy atom. The molecule has 1 atom stereocenters. The van der Waals surface area contributed by atoms with Gasteiger partial charge in [-0.1, -0.05) is 0 Å². The fraction of sp³-hybridized carbons (Fsp3) is 0.318. The quantitative estimate of drug-likeness (QED) is 0.461. The van der Waals surface area contributed by atoms with E-state index in [-0.39, 0.29) is 6.04 Å². The lowest BCUT2D eigenvalue weighted by atomic mass is 10.1. The van der Waals surface area contributed by atoms with Gasteiger partial charge in [-0.15, -0.1) is 0 Å². The van der Waals surface area contributed by atoms with Crippen molar-refractivity contribution >= 4 is 23.2 Å². The van der Waals surface area contributed by atoms with Gasteiger partial charge in [0.05, 0.1) is 35.3 Å². The average Bonchev–Trinajstić information content (AvgIpc) is 3.31. The highest BCUT2D eigenvalue weighted by atomic mass is 16.5.